The van der Waals surface area contributed by atoms with Crippen LogP contribution < -0.4 is 0 Å². The van der Waals surface area contributed by atoms with Crippen molar-refractivity contribution in [3.63, 3.8) is 0 Å². The predicted molar refractivity (Wildman–Crippen MR) is 53.0 cm³/mol. The zero-order valence-corrected chi connectivity index (χ0v) is 7.81. The van der Waals surface area contributed by atoms with Gasteiger partial charge in [0, 0.05) is 12.4 Å². The van der Waals surface area contributed by atoms with Crippen molar-refractivity contribution in [3.05, 3.63) is 48.0 Å². The van der Waals surface area contributed by atoms with E-state index in [1.54, 1.807) is 12.5 Å². The van der Waals surface area contributed by atoms with Crippen molar-refractivity contribution in [1.82, 2.24) is 9.55 Å². The van der Waals surface area contributed by atoms with E-state index in [2.05, 4.69) is 11.1 Å². The number of imidazole rings is 1. The van der Waals surface area contributed by atoms with E-state index in [-0.39, 0.29) is 0 Å². The number of rotatable bonds is 1. The maximum absolute atomic E-state index is 8.87. The number of hydrogen-bond donors (Lipinski definition) is 0. The Morgan fingerprint density at radius 3 is 2.93 bits per heavy atom. The molecule has 1 aromatic carbocycles. The van der Waals surface area contributed by atoms with Gasteiger partial charge in [0.2, 0.25) is 0 Å². The van der Waals surface area contributed by atoms with Gasteiger partial charge in [-0.3, -0.25) is 0 Å². The van der Waals surface area contributed by atoms with Gasteiger partial charge in [0.1, 0.15) is 0 Å². The maximum Gasteiger partial charge on any atom is 0.0995 e. The molecule has 0 saturated heterocycles. The van der Waals surface area contributed by atoms with Crippen molar-refractivity contribution in [2.24, 2.45) is 0 Å². The van der Waals surface area contributed by atoms with Crippen molar-refractivity contribution >= 4 is 0 Å². The van der Waals surface area contributed by atoms with Crippen molar-refractivity contribution in [2.45, 2.75) is 6.92 Å². The van der Waals surface area contributed by atoms with Gasteiger partial charge in [-0.1, -0.05) is 6.07 Å². The van der Waals surface area contributed by atoms with Gasteiger partial charge in [-0.25, -0.2) is 4.98 Å². The summed E-state index contributed by atoms with van der Waals surface area (Å²) in [5.41, 5.74) is 2.69. The van der Waals surface area contributed by atoms with Gasteiger partial charge in [0.15, 0.2) is 0 Å². The summed E-state index contributed by atoms with van der Waals surface area (Å²) >= 11 is 0. The molecular weight excluding hydrogens is 174 g/mol. The summed E-state index contributed by atoms with van der Waals surface area (Å²) in [7, 11) is 0. The molecule has 1 aromatic heterocycles. The van der Waals surface area contributed by atoms with E-state index in [0.717, 1.165) is 11.3 Å². The third kappa shape index (κ3) is 1.27. The second kappa shape index (κ2) is 3.35. The standard InChI is InChI=1S/C11H9N3/c1-9-10(7-12)3-2-4-11(9)14-6-5-13-8-14/h2-6,8H,1H3. The molecular formula is C11H9N3. The molecule has 14 heavy (non-hydrogen) atoms. The molecule has 0 unspecified atom stereocenters. The van der Waals surface area contributed by atoms with Gasteiger partial charge in [-0.05, 0) is 24.6 Å². The largest absolute Gasteiger partial charge is 0.306 e. The van der Waals surface area contributed by atoms with E-state index in [1.807, 2.05) is 35.9 Å². The third-order valence-electron chi connectivity index (χ3n) is 2.21. The van der Waals surface area contributed by atoms with E-state index >= 15 is 0 Å². The number of nitrogens with zero attached hydrogens (tertiary/aromatic N) is 3. The predicted octanol–water partition coefficient (Wildman–Crippen LogP) is 2.05. The molecule has 0 aliphatic rings. The number of benzene rings is 1. The van der Waals surface area contributed by atoms with Crippen LogP contribution in [0.4, 0.5) is 0 Å². The Bertz CT molecular complexity index is 478. The first-order valence-corrected chi connectivity index (χ1v) is 4.31. The Kier molecular flexibility index (Phi) is 2.04. The molecule has 0 fully saturated rings. The second-order valence-electron chi connectivity index (χ2n) is 3.03. The van der Waals surface area contributed by atoms with Crippen LogP contribution in [0.3, 0.4) is 0 Å². The van der Waals surface area contributed by atoms with Gasteiger partial charge in [0.25, 0.3) is 0 Å². The van der Waals surface area contributed by atoms with Crippen LogP contribution in [0.2, 0.25) is 0 Å². The topological polar surface area (TPSA) is 41.6 Å². The Morgan fingerprint density at radius 1 is 1.43 bits per heavy atom. The van der Waals surface area contributed by atoms with Crippen molar-refractivity contribution in [1.29, 1.82) is 5.26 Å². The molecule has 1 heterocycles. The summed E-state index contributed by atoms with van der Waals surface area (Å²) in [6.07, 6.45) is 5.31. The smallest absolute Gasteiger partial charge is 0.0995 e. The number of aromatic nitrogens is 2. The van der Waals surface area contributed by atoms with Gasteiger partial charge >= 0.3 is 0 Å². The Labute approximate surface area is 82.2 Å². The highest BCUT2D eigenvalue weighted by molar-refractivity contribution is 5.49. The molecule has 0 spiro atoms. The molecule has 0 amide bonds. The van der Waals surface area contributed by atoms with E-state index in [4.69, 9.17) is 5.26 Å². The molecule has 68 valence electrons. The number of nitriles is 1. The summed E-state index contributed by atoms with van der Waals surface area (Å²) in [4.78, 5) is 3.98. The first-order chi connectivity index (χ1) is 6.83. The lowest BCUT2D eigenvalue weighted by Gasteiger charge is -2.06. The fourth-order valence-corrected chi connectivity index (χ4v) is 1.43. The lowest BCUT2D eigenvalue weighted by Crippen LogP contribution is -1.95. The minimum Gasteiger partial charge on any atom is -0.306 e. The highest BCUT2D eigenvalue weighted by Gasteiger charge is 2.03. The van der Waals surface area contributed by atoms with Crippen LogP contribution in [0.1, 0.15) is 11.1 Å². The average molecular weight is 183 g/mol. The van der Waals surface area contributed by atoms with Crippen molar-refractivity contribution < 1.29 is 0 Å². The van der Waals surface area contributed by atoms with Crippen LogP contribution in [0.25, 0.3) is 5.69 Å². The molecule has 2 aromatic rings. The van der Waals surface area contributed by atoms with Gasteiger partial charge in [-0.2, -0.15) is 5.26 Å². The first kappa shape index (κ1) is 8.52. The van der Waals surface area contributed by atoms with Crippen molar-refractivity contribution in [3.8, 4) is 11.8 Å². The monoisotopic (exact) mass is 183 g/mol. The van der Waals surface area contributed by atoms with Gasteiger partial charge < -0.3 is 4.57 Å². The molecule has 0 N–H and O–H groups in total. The van der Waals surface area contributed by atoms with E-state index in [1.165, 1.54) is 0 Å². The Morgan fingerprint density at radius 2 is 2.29 bits per heavy atom. The maximum atomic E-state index is 8.87. The molecule has 0 radical (unpaired) electrons. The van der Waals surface area contributed by atoms with Gasteiger partial charge in [0.05, 0.1) is 23.6 Å². The Hall–Kier alpha value is -2.08. The zero-order chi connectivity index (χ0) is 9.97. The lowest BCUT2D eigenvalue weighted by atomic mass is 10.1. The highest BCUT2D eigenvalue weighted by atomic mass is 15.0. The van der Waals surface area contributed by atoms with Crippen LogP contribution in [-0.2, 0) is 0 Å². The fraction of sp³-hybridized carbons (Fsp3) is 0.0909. The van der Waals surface area contributed by atoms with E-state index in [9.17, 15) is 0 Å². The fourth-order valence-electron chi connectivity index (χ4n) is 1.43. The lowest BCUT2D eigenvalue weighted by molar-refractivity contribution is 1.04. The van der Waals surface area contributed by atoms with Crippen LogP contribution in [-0.4, -0.2) is 9.55 Å². The van der Waals surface area contributed by atoms with Crippen LogP contribution in [0.5, 0.6) is 0 Å². The SMILES string of the molecule is Cc1c(C#N)cccc1-n1ccnc1. The van der Waals surface area contributed by atoms with Crippen LogP contribution in [0, 0.1) is 18.3 Å². The van der Waals surface area contributed by atoms with Crippen molar-refractivity contribution in [2.75, 3.05) is 0 Å². The molecule has 3 nitrogen and oxygen atoms in total. The molecule has 3 heteroatoms. The molecule has 0 aliphatic heterocycles. The molecule has 0 bridgehead atoms. The summed E-state index contributed by atoms with van der Waals surface area (Å²) in [6, 6.07) is 7.83. The van der Waals surface area contributed by atoms with E-state index < -0.39 is 0 Å². The van der Waals surface area contributed by atoms with Gasteiger partial charge in [-0.15, -0.1) is 0 Å². The van der Waals surface area contributed by atoms with Crippen LogP contribution in [0.15, 0.2) is 36.9 Å². The number of hydrogen-bond acceptors (Lipinski definition) is 2. The first-order valence-electron chi connectivity index (χ1n) is 4.31. The summed E-state index contributed by atoms with van der Waals surface area (Å²) in [5, 5.41) is 8.87. The zero-order valence-electron chi connectivity index (χ0n) is 7.81. The molecule has 0 aliphatic carbocycles. The Balaban J connectivity index is 2.61. The summed E-state index contributed by atoms with van der Waals surface area (Å²) in [5.74, 6) is 0. The van der Waals surface area contributed by atoms with Crippen LogP contribution >= 0.6 is 0 Å². The molecule has 0 saturated carbocycles. The summed E-state index contributed by atoms with van der Waals surface area (Å²) < 4.78 is 1.90. The minimum absolute atomic E-state index is 0.705. The third-order valence-corrected chi connectivity index (χ3v) is 2.21. The summed E-state index contributed by atoms with van der Waals surface area (Å²) in [6.45, 7) is 1.94. The van der Waals surface area contributed by atoms with E-state index in [0.29, 0.717) is 5.56 Å². The second-order valence-corrected chi connectivity index (χ2v) is 3.03. The highest BCUT2D eigenvalue weighted by Crippen LogP contribution is 2.16. The normalized spacial score (nSPS) is 9.71. The molecule has 2 rings (SSSR count). The minimum atomic E-state index is 0.705. The molecule has 0 atom stereocenters. The average Bonchev–Trinajstić information content (AvgIpc) is 2.71. The quantitative estimate of drug-likeness (QED) is 0.679.